The summed E-state index contributed by atoms with van der Waals surface area (Å²) in [5.74, 6) is -0.607. The van der Waals surface area contributed by atoms with Gasteiger partial charge < -0.3 is 28.8 Å². The van der Waals surface area contributed by atoms with Crippen LogP contribution in [0.4, 0.5) is 0 Å². The van der Waals surface area contributed by atoms with Gasteiger partial charge in [0.25, 0.3) is 0 Å². The zero-order valence-corrected chi connectivity index (χ0v) is 39.5. The first kappa shape index (κ1) is 46.8. The number of carbonyl (C=O) groups is 5. The van der Waals surface area contributed by atoms with Crippen LogP contribution in [0.25, 0.3) is 0 Å². The molecule has 10 rings (SSSR count). The first-order valence-corrected chi connectivity index (χ1v) is 25.7. The molecule has 0 aromatic carbocycles. The number of rotatable bonds is 19. The van der Waals surface area contributed by atoms with Crippen LogP contribution in [0.1, 0.15) is 189 Å². The van der Waals surface area contributed by atoms with Crippen molar-refractivity contribution in [2.45, 2.75) is 218 Å². The Labute approximate surface area is 376 Å². The van der Waals surface area contributed by atoms with Gasteiger partial charge in [-0.25, -0.2) is 4.79 Å². The fourth-order valence-corrected chi connectivity index (χ4v) is 15.3. The maximum Gasteiger partial charge on any atom is 0.347 e. The zero-order valence-electron chi connectivity index (χ0n) is 39.5. The van der Waals surface area contributed by atoms with Crippen molar-refractivity contribution in [3.8, 4) is 0 Å². The molecule has 10 fully saturated rings. The van der Waals surface area contributed by atoms with Gasteiger partial charge in [0.2, 0.25) is 6.10 Å². The zero-order chi connectivity index (χ0) is 44.9. The molecule has 1 N–H and O–H groups in total. The standard InChI is InChI=1S/C52H80O11/c1-31(2)51(17-8-7-9-18-51)62-47(56)40(13-11-34(6)45(54)63-52(32(3)4)41-22-35-20-36(24-41)25-42(52)23-35)15-14-39(46(55)60-43-16-19-59-48(43)57)12-10-33(5)44(53)61-50-28-37-21-38(29-50)27-49(58,26-37)30-50/h31-43,58H,7-30H2,1-6H3. The lowest BCUT2D eigenvalue weighted by atomic mass is 9.47. The fourth-order valence-electron chi connectivity index (χ4n) is 15.3. The van der Waals surface area contributed by atoms with E-state index in [2.05, 4.69) is 27.7 Å². The van der Waals surface area contributed by atoms with Gasteiger partial charge >= 0.3 is 29.8 Å². The van der Waals surface area contributed by atoms with Gasteiger partial charge in [-0.15, -0.1) is 0 Å². The number of hydrogen-bond acceptors (Lipinski definition) is 11. The van der Waals surface area contributed by atoms with Gasteiger partial charge in [-0.3, -0.25) is 19.2 Å². The molecule has 11 heteroatoms. The van der Waals surface area contributed by atoms with E-state index in [0.29, 0.717) is 62.2 Å². The molecule has 7 unspecified atom stereocenters. The Balaban J connectivity index is 0.949. The van der Waals surface area contributed by atoms with E-state index in [1.165, 1.54) is 6.42 Å². The van der Waals surface area contributed by atoms with Gasteiger partial charge in [0, 0.05) is 12.8 Å². The summed E-state index contributed by atoms with van der Waals surface area (Å²) in [6, 6.07) is 0. The molecule has 63 heavy (non-hydrogen) atoms. The van der Waals surface area contributed by atoms with Crippen molar-refractivity contribution in [2.24, 2.45) is 71.0 Å². The van der Waals surface area contributed by atoms with Gasteiger partial charge in [0.05, 0.1) is 35.9 Å². The normalized spacial score (nSPS) is 37.9. The fraction of sp³-hybridized carbons (Fsp3) is 0.904. The molecular weight excluding hydrogens is 801 g/mol. The molecule has 1 heterocycles. The monoisotopic (exact) mass is 881 g/mol. The minimum absolute atomic E-state index is 0.140. The Morgan fingerprint density at radius 2 is 1.14 bits per heavy atom. The maximum absolute atomic E-state index is 14.5. The highest BCUT2D eigenvalue weighted by molar-refractivity contribution is 5.81. The predicted molar refractivity (Wildman–Crippen MR) is 234 cm³/mol. The van der Waals surface area contributed by atoms with Crippen molar-refractivity contribution in [3.05, 3.63) is 0 Å². The first-order chi connectivity index (χ1) is 29.9. The first-order valence-electron chi connectivity index (χ1n) is 25.7. The van der Waals surface area contributed by atoms with Gasteiger partial charge in [0.15, 0.2) is 0 Å². The van der Waals surface area contributed by atoms with E-state index in [1.807, 2.05) is 13.8 Å². The molecule has 11 nitrogen and oxygen atoms in total. The SMILES string of the molecule is CC(CCC(CCC(CCC(C)C(=O)OC1(C(C)C)C2CC3CC(C2)CC1C3)C(=O)OC1(C(C)C)CCCCC1)C(=O)OC1CCOC1=O)C(=O)OC12CC3CC(CC(O)(C3)C1)C2. The van der Waals surface area contributed by atoms with Crippen LogP contribution < -0.4 is 0 Å². The third kappa shape index (κ3) is 9.76. The molecule has 0 aromatic rings. The highest BCUT2D eigenvalue weighted by Crippen LogP contribution is 2.62. The third-order valence-electron chi connectivity index (χ3n) is 18.3. The summed E-state index contributed by atoms with van der Waals surface area (Å²) in [5.41, 5.74) is -2.36. The van der Waals surface area contributed by atoms with Crippen molar-refractivity contribution in [2.75, 3.05) is 6.61 Å². The van der Waals surface area contributed by atoms with E-state index in [1.54, 1.807) is 0 Å². The Morgan fingerprint density at radius 3 is 1.65 bits per heavy atom. The molecular formula is C52H80O11. The number of aliphatic hydroxyl groups is 1. The van der Waals surface area contributed by atoms with E-state index < -0.39 is 64.1 Å². The molecule has 7 atom stereocenters. The Hall–Kier alpha value is -2.69. The van der Waals surface area contributed by atoms with Crippen LogP contribution in [-0.4, -0.2) is 70.1 Å². The van der Waals surface area contributed by atoms with E-state index >= 15 is 0 Å². The molecule has 1 saturated heterocycles. The van der Waals surface area contributed by atoms with E-state index in [4.69, 9.17) is 23.7 Å². The highest BCUT2D eigenvalue weighted by Gasteiger charge is 2.62. The third-order valence-corrected chi connectivity index (χ3v) is 18.3. The van der Waals surface area contributed by atoms with Crippen LogP contribution in [0.2, 0.25) is 0 Å². The minimum Gasteiger partial charge on any atom is -0.463 e. The predicted octanol–water partition coefficient (Wildman–Crippen LogP) is 9.61. The summed E-state index contributed by atoms with van der Waals surface area (Å²) in [6.45, 7) is 12.6. The van der Waals surface area contributed by atoms with Crippen LogP contribution in [-0.2, 0) is 47.7 Å². The molecule has 0 amide bonds. The van der Waals surface area contributed by atoms with Crippen molar-refractivity contribution in [3.63, 3.8) is 0 Å². The van der Waals surface area contributed by atoms with Crippen LogP contribution >= 0.6 is 0 Å². The molecule has 9 saturated carbocycles. The number of carbonyl (C=O) groups excluding carboxylic acids is 5. The number of esters is 5. The Kier molecular flexibility index (Phi) is 13.8. The quantitative estimate of drug-likeness (QED) is 0.0976. The van der Waals surface area contributed by atoms with Crippen molar-refractivity contribution < 1.29 is 52.8 Å². The molecule has 0 aromatic heterocycles. The molecule has 354 valence electrons. The largest absolute Gasteiger partial charge is 0.463 e. The lowest BCUT2D eigenvalue weighted by molar-refractivity contribution is -0.228. The summed E-state index contributed by atoms with van der Waals surface area (Å²) in [6.07, 6.45) is 16.9. The molecule has 8 bridgehead atoms. The summed E-state index contributed by atoms with van der Waals surface area (Å²) in [4.78, 5) is 68.8. The molecule has 10 aliphatic rings. The smallest absolute Gasteiger partial charge is 0.347 e. The van der Waals surface area contributed by atoms with Gasteiger partial charge in [-0.1, -0.05) is 48.0 Å². The van der Waals surface area contributed by atoms with Crippen LogP contribution in [0, 0.1) is 71.0 Å². The summed E-state index contributed by atoms with van der Waals surface area (Å²) in [5, 5.41) is 11.3. The summed E-state index contributed by atoms with van der Waals surface area (Å²) < 4.78 is 30.5. The molecule has 0 spiro atoms. The van der Waals surface area contributed by atoms with Crippen LogP contribution in [0.15, 0.2) is 0 Å². The number of ether oxygens (including phenoxy) is 5. The number of cyclic esters (lactones) is 1. The van der Waals surface area contributed by atoms with Crippen molar-refractivity contribution >= 4 is 29.8 Å². The van der Waals surface area contributed by atoms with E-state index in [0.717, 1.165) is 102 Å². The number of hydrogen-bond donors (Lipinski definition) is 1. The van der Waals surface area contributed by atoms with Gasteiger partial charge in [0.1, 0.15) is 16.8 Å². The Bertz CT molecular complexity index is 1650. The second kappa shape index (κ2) is 18.5. The van der Waals surface area contributed by atoms with E-state index in [-0.39, 0.29) is 49.2 Å². The van der Waals surface area contributed by atoms with E-state index in [9.17, 15) is 29.1 Å². The topological polar surface area (TPSA) is 152 Å². The maximum atomic E-state index is 14.5. The lowest BCUT2D eigenvalue weighted by Gasteiger charge is -2.62. The molecule has 1 aliphatic heterocycles. The van der Waals surface area contributed by atoms with Crippen molar-refractivity contribution in [1.82, 2.24) is 0 Å². The second-order valence-electron chi connectivity index (χ2n) is 23.5. The van der Waals surface area contributed by atoms with Crippen LogP contribution in [0.3, 0.4) is 0 Å². The minimum atomic E-state index is -0.974. The van der Waals surface area contributed by atoms with Gasteiger partial charge in [-0.2, -0.15) is 0 Å². The Morgan fingerprint density at radius 1 is 0.619 bits per heavy atom. The van der Waals surface area contributed by atoms with Crippen molar-refractivity contribution in [1.29, 1.82) is 0 Å². The lowest BCUT2D eigenvalue weighted by Crippen LogP contribution is -2.62. The average Bonchev–Trinajstić information content (AvgIpc) is 3.61. The average molecular weight is 881 g/mol. The second-order valence-corrected chi connectivity index (χ2v) is 23.5. The summed E-state index contributed by atoms with van der Waals surface area (Å²) >= 11 is 0. The van der Waals surface area contributed by atoms with Gasteiger partial charge in [-0.05, 0) is 176 Å². The van der Waals surface area contributed by atoms with Crippen LogP contribution in [0.5, 0.6) is 0 Å². The molecule has 0 radical (unpaired) electrons. The molecule has 9 aliphatic carbocycles. The highest BCUT2D eigenvalue weighted by atomic mass is 16.6. The summed E-state index contributed by atoms with van der Waals surface area (Å²) in [7, 11) is 0.